The second kappa shape index (κ2) is 6.22. The second-order valence-electron chi connectivity index (χ2n) is 5.29. The van der Waals surface area contributed by atoms with Crippen molar-refractivity contribution in [3.05, 3.63) is 70.3 Å². The van der Waals surface area contributed by atoms with Crippen LogP contribution in [0.3, 0.4) is 0 Å². The molecule has 2 aromatic rings. The second-order valence-corrected chi connectivity index (χ2v) is 6.39. The van der Waals surface area contributed by atoms with Crippen molar-refractivity contribution in [1.82, 2.24) is 0 Å². The number of rotatable bonds is 3. The fraction of sp³-hybridized carbons (Fsp3) is 0.294. The van der Waals surface area contributed by atoms with E-state index < -0.39 is 11.7 Å². The third-order valence-corrected chi connectivity index (χ3v) is 4.15. The molecule has 0 heterocycles. The van der Waals surface area contributed by atoms with E-state index in [1.54, 1.807) is 12.1 Å². The van der Waals surface area contributed by atoms with Gasteiger partial charge in [-0.15, -0.1) is 0 Å². The van der Waals surface area contributed by atoms with Crippen LogP contribution in [0.5, 0.6) is 0 Å². The molecule has 0 radical (unpaired) electrons. The van der Waals surface area contributed by atoms with Gasteiger partial charge in [0.25, 0.3) is 0 Å². The maximum absolute atomic E-state index is 12.5. The average Bonchev–Trinajstić information content (AvgIpc) is 2.37. The third-order valence-electron chi connectivity index (χ3n) is 3.30. The molecule has 0 saturated heterocycles. The van der Waals surface area contributed by atoms with Crippen molar-refractivity contribution < 1.29 is 13.2 Å². The lowest BCUT2D eigenvalue weighted by Gasteiger charge is -2.13. The van der Waals surface area contributed by atoms with Crippen LogP contribution in [0.1, 0.15) is 32.6 Å². The van der Waals surface area contributed by atoms with Crippen LogP contribution in [0, 0.1) is 13.8 Å². The Morgan fingerprint density at radius 3 is 1.95 bits per heavy atom. The summed E-state index contributed by atoms with van der Waals surface area (Å²) < 4.78 is 37.6. The van der Waals surface area contributed by atoms with E-state index in [0.717, 1.165) is 23.3 Å². The van der Waals surface area contributed by atoms with Crippen LogP contribution in [0.15, 0.2) is 42.5 Å². The summed E-state index contributed by atoms with van der Waals surface area (Å²) in [5.74, 6) is 0. The largest absolute Gasteiger partial charge is 0.416 e. The zero-order valence-corrected chi connectivity index (χ0v) is 13.4. The first-order valence-corrected chi connectivity index (χ1v) is 7.55. The first kappa shape index (κ1) is 16.1. The number of hydrogen-bond acceptors (Lipinski definition) is 0. The highest BCUT2D eigenvalue weighted by molar-refractivity contribution is 9.09. The molecule has 1 atom stereocenters. The predicted molar refractivity (Wildman–Crippen MR) is 82.7 cm³/mol. The molecule has 112 valence electrons. The molecule has 0 aromatic heterocycles. The van der Waals surface area contributed by atoms with Gasteiger partial charge in [-0.2, -0.15) is 13.2 Å². The summed E-state index contributed by atoms with van der Waals surface area (Å²) in [5, 5.41) is 0. The van der Waals surface area contributed by atoms with Crippen molar-refractivity contribution in [2.75, 3.05) is 0 Å². The van der Waals surface area contributed by atoms with Gasteiger partial charge in [-0.05, 0) is 43.5 Å². The van der Waals surface area contributed by atoms with Crippen LogP contribution in [-0.4, -0.2) is 0 Å². The highest BCUT2D eigenvalue weighted by Gasteiger charge is 2.29. The van der Waals surface area contributed by atoms with Crippen LogP contribution in [-0.2, 0) is 12.6 Å². The molecule has 0 fully saturated rings. The molecule has 21 heavy (non-hydrogen) atoms. The molecule has 0 aliphatic rings. The molecule has 0 bridgehead atoms. The Kier molecular flexibility index (Phi) is 4.77. The van der Waals surface area contributed by atoms with Crippen LogP contribution >= 0.6 is 15.9 Å². The molecule has 4 heteroatoms. The molecular formula is C17H16BrF3. The van der Waals surface area contributed by atoms with Gasteiger partial charge in [-0.1, -0.05) is 57.4 Å². The maximum Gasteiger partial charge on any atom is 0.416 e. The zero-order chi connectivity index (χ0) is 15.6. The van der Waals surface area contributed by atoms with Crippen molar-refractivity contribution in [2.45, 2.75) is 31.3 Å². The van der Waals surface area contributed by atoms with Gasteiger partial charge < -0.3 is 0 Å². The third kappa shape index (κ3) is 4.34. The molecule has 0 aliphatic heterocycles. The van der Waals surface area contributed by atoms with E-state index in [0.29, 0.717) is 6.42 Å². The van der Waals surface area contributed by atoms with E-state index in [1.807, 2.05) is 13.8 Å². The molecule has 2 rings (SSSR count). The fourth-order valence-corrected chi connectivity index (χ4v) is 2.98. The molecule has 0 amide bonds. The quantitative estimate of drug-likeness (QED) is 0.591. The Labute approximate surface area is 131 Å². The zero-order valence-electron chi connectivity index (χ0n) is 11.8. The Hall–Kier alpha value is -1.29. The van der Waals surface area contributed by atoms with Crippen LogP contribution in [0.4, 0.5) is 13.2 Å². The first-order valence-electron chi connectivity index (χ1n) is 6.64. The van der Waals surface area contributed by atoms with Gasteiger partial charge in [0, 0.05) is 4.83 Å². The molecule has 0 spiro atoms. The molecule has 0 nitrogen and oxygen atoms in total. The smallest absolute Gasteiger partial charge is 0.166 e. The number of halogens is 4. The molecule has 0 aliphatic carbocycles. The van der Waals surface area contributed by atoms with Crippen LogP contribution < -0.4 is 0 Å². The van der Waals surface area contributed by atoms with Crippen molar-refractivity contribution in [2.24, 2.45) is 0 Å². The van der Waals surface area contributed by atoms with Crippen molar-refractivity contribution >= 4 is 15.9 Å². The van der Waals surface area contributed by atoms with Gasteiger partial charge in [-0.3, -0.25) is 0 Å². The van der Waals surface area contributed by atoms with Crippen molar-refractivity contribution in [1.29, 1.82) is 0 Å². The van der Waals surface area contributed by atoms with E-state index in [2.05, 4.69) is 34.1 Å². The van der Waals surface area contributed by atoms with Crippen molar-refractivity contribution in [3.8, 4) is 0 Å². The predicted octanol–water partition coefficient (Wildman–Crippen LogP) is 6.00. The van der Waals surface area contributed by atoms with Gasteiger partial charge in [0.2, 0.25) is 0 Å². The Morgan fingerprint density at radius 1 is 0.952 bits per heavy atom. The highest BCUT2D eigenvalue weighted by atomic mass is 79.9. The maximum atomic E-state index is 12.5. The van der Waals surface area contributed by atoms with Gasteiger partial charge >= 0.3 is 6.18 Å². The topological polar surface area (TPSA) is 0 Å². The lowest BCUT2D eigenvalue weighted by Crippen LogP contribution is -2.05. The normalized spacial score (nSPS) is 13.2. The monoisotopic (exact) mass is 356 g/mol. The number of benzene rings is 2. The highest BCUT2D eigenvalue weighted by Crippen LogP contribution is 2.31. The van der Waals surface area contributed by atoms with Gasteiger partial charge in [0.15, 0.2) is 0 Å². The number of alkyl halides is 4. The Bertz CT molecular complexity index is 595. The van der Waals surface area contributed by atoms with E-state index >= 15 is 0 Å². The summed E-state index contributed by atoms with van der Waals surface area (Å²) in [7, 11) is 0. The first-order chi connectivity index (χ1) is 9.75. The minimum Gasteiger partial charge on any atom is -0.166 e. The number of aryl methyl sites for hydroxylation is 2. The molecule has 0 N–H and O–H groups in total. The summed E-state index contributed by atoms with van der Waals surface area (Å²) in [6.07, 6.45) is -3.62. The summed E-state index contributed by atoms with van der Waals surface area (Å²) in [5.41, 5.74) is 3.78. The SMILES string of the molecule is Cc1cc(C)cc(C(Br)Cc2ccc(C(F)(F)F)cc2)c1. The minimum atomic E-state index is -4.28. The Morgan fingerprint density at radius 2 is 1.48 bits per heavy atom. The fourth-order valence-electron chi connectivity index (χ4n) is 2.35. The van der Waals surface area contributed by atoms with E-state index in [4.69, 9.17) is 0 Å². The standard InChI is InChI=1S/C17H16BrF3/c1-11-7-12(2)9-14(8-11)16(18)10-13-3-5-15(6-4-13)17(19,20)21/h3-9,16H,10H2,1-2H3. The van der Waals surface area contributed by atoms with Crippen LogP contribution in [0.25, 0.3) is 0 Å². The summed E-state index contributed by atoms with van der Waals surface area (Å²) in [6.45, 7) is 4.07. The lowest BCUT2D eigenvalue weighted by molar-refractivity contribution is -0.137. The van der Waals surface area contributed by atoms with Crippen molar-refractivity contribution in [3.63, 3.8) is 0 Å². The summed E-state index contributed by atoms with van der Waals surface area (Å²) >= 11 is 3.63. The summed E-state index contributed by atoms with van der Waals surface area (Å²) in [6, 6.07) is 11.6. The minimum absolute atomic E-state index is 0.0906. The van der Waals surface area contributed by atoms with E-state index in [1.165, 1.54) is 11.1 Å². The molecule has 2 aromatic carbocycles. The van der Waals surface area contributed by atoms with E-state index in [-0.39, 0.29) is 4.83 Å². The molecule has 1 unspecified atom stereocenters. The number of hydrogen-bond donors (Lipinski definition) is 0. The van der Waals surface area contributed by atoms with Crippen LogP contribution in [0.2, 0.25) is 0 Å². The van der Waals surface area contributed by atoms with E-state index in [9.17, 15) is 13.2 Å². The molecule has 0 saturated carbocycles. The lowest BCUT2D eigenvalue weighted by atomic mass is 10.00. The Balaban J connectivity index is 2.14. The van der Waals surface area contributed by atoms with Gasteiger partial charge in [0.1, 0.15) is 0 Å². The van der Waals surface area contributed by atoms with Gasteiger partial charge in [0.05, 0.1) is 5.56 Å². The average molecular weight is 357 g/mol. The summed E-state index contributed by atoms with van der Waals surface area (Å²) in [4.78, 5) is 0.0906. The molecular weight excluding hydrogens is 341 g/mol. The van der Waals surface area contributed by atoms with Gasteiger partial charge in [-0.25, -0.2) is 0 Å².